The van der Waals surface area contributed by atoms with Gasteiger partial charge >= 0.3 is 0 Å². The van der Waals surface area contributed by atoms with Gasteiger partial charge in [-0.1, -0.05) is 35.0 Å². The van der Waals surface area contributed by atoms with Gasteiger partial charge in [0, 0.05) is 10.4 Å². The van der Waals surface area contributed by atoms with Gasteiger partial charge in [-0.15, -0.1) is 0 Å². The van der Waals surface area contributed by atoms with E-state index >= 15 is 0 Å². The summed E-state index contributed by atoms with van der Waals surface area (Å²) in [7, 11) is 0. The van der Waals surface area contributed by atoms with Gasteiger partial charge in [0.25, 0.3) is 0 Å². The molecule has 78 valence electrons. The van der Waals surface area contributed by atoms with Gasteiger partial charge in [0.05, 0.1) is 0 Å². The molecule has 2 aliphatic rings. The normalized spacial score (nSPS) is 22.7. The van der Waals surface area contributed by atoms with Crippen LogP contribution in [-0.2, 0) is 12.8 Å². The molecular formula is C14H15Br. The lowest BCUT2D eigenvalue weighted by atomic mass is 9.84. The Bertz CT molecular complexity index is 443. The standard InChI is InChI=1S/C14H15Br/c1-9-6-7-12-13(15)8-10-4-2-3-5-11(10)14(9)12/h6-9H,2-5H2,1H3. The Morgan fingerprint density at radius 3 is 2.93 bits per heavy atom. The molecule has 0 aromatic heterocycles. The molecule has 1 heteroatoms. The van der Waals surface area contributed by atoms with E-state index in [0.717, 1.165) is 0 Å². The Morgan fingerprint density at radius 2 is 2.07 bits per heavy atom. The van der Waals surface area contributed by atoms with E-state index in [1.165, 1.54) is 35.7 Å². The number of fused-ring (bicyclic) bond motifs is 3. The topological polar surface area (TPSA) is 0 Å². The maximum absolute atomic E-state index is 3.70. The van der Waals surface area contributed by atoms with E-state index in [2.05, 4.69) is 41.1 Å². The van der Waals surface area contributed by atoms with Gasteiger partial charge in [0.15, 0.2) is 0 Å². The summed E-state index contributed by atoms with van der Waals surface area (Å²) in [6.07, 6.45) is 9.89. The third-order valence-corrected chi connectivity index (χ3v) is 4.35. The monoisotopic (exact) mass is 262 g/mol. The molecule has 0 N–H and O–H groups in total. The second kappa shape index (κ2) is 3.48. The Hall–Kier alpha value is -0.560. The van der Waals surface area contributed by atoms with Crippen LogP contribution in [0.3, 0.4) is 0 Å². The molecule has 0 radical (unpaired) electrons. The lowest BCUT2D eigenvalue weighted by Crippen LogP contribution is -2.08. The maximum atomic E-state index is 3.70. The summed E-state index contributed by atoms with van der Waals surface area (Å²) in [4.78, 5) is 0. The van der Waals surface area contributed by atoms with Crippen molar-refractivity contribution in [3.63, 3.8) is 0 Å². The van der Waals surface area contributed by atoms with Gasteiger partial charge in [-0.2, -0.15) is 0 Å². The van der Waals surface area contributed by atoms with E-state index in [1.807, 2.05) is 0 Å². The van der Waals surface area contributed by atoms with Crippen LogP contribution in [0.5, 0.6) is 0 Å². The van der Waals surface area contributed by atoms with Crippen LogP contribution in [0.1, 0.15) is 47.9 Å². The number of benzene rings is 1. The molecule has 1 unspecified atom stereocenters. The highest BCUT2D eigenvalue weighted by Crippen LogP contribution is 2.41. The van der Waals surface area contributed by atoms with Crippen LogP contribution in [0.15, 0.2) is 16.6 Å². The van der Waals surface area contributed by atoms with Gasteiger partial charge < -0.3 is 0 Å². The second-order valence-electron chi connectivity index (χ2n) is 4.68. The Labute approximate surface area is 99.5 Å². The fraction of sp³-hybridized carbons (Fsp3) is 0.429. The van der Waals surface area contributed by atoms with Crippen molar-refractivity contribution < 1.29 is 0 Å². The summed E-state index contributed by atoms with van der Waals surface area (Å²) in [5.74, 6) is 0.615. The molecule has 1 atom stereocenters. The highest BCUT2D eigenvalue weighted by Gasteiger charge is 2.23. The van der Waals surface area contributed by atoms with Crippen LogP contribution >= 0.6 is 15.9 Å². The van der Waals surface area contributed by atoms with Gasteiger partial charge in [-0.3, -0.25) is 0 Å². The van der Waals surface area contributed by atoms with E-state index < -0.39 is 0 Å². The van der Waals surface area contributed by atoms with E-state index in [9.17, 15) is 0 Å². The molecule has 0 spiro atoms. The average molecular weight is 263 g/mol. The lowest BCUT2D eigenvalue weighted by molar-refractivity contribution is 0.675. The number of allylic oxidation sites excluding steroid dienone is 1. The molecule has 0 aliphatic heterocycles. The van der Waals surface area contributed by atoms with E-state index in [-0.39, 0.29) is 0 Å². The average Bonchev–Trinajstić information content (AvgIpc) is 2.62. The lowest BCUT2D eigenvalue weighted by Gasteiger charge is -2.22. The van der Waals surface area contributed by atoms with Crippen LogP contribution in [0.4, 0.5) is 0 Å². The van der Waals surface area contributed by atoms with E-state index in [1.54, 1.807) is 16.7 Å². The molecular weight excluding hydrogens is 248 g/mol. The van der Waals surface area contributed by atoms with Crippen molar-refractivity contribution in [1.82, 2.24) is 0 Å². The number of hydrogen-bond donors (Lipinski definition) is 0. The molecule has 15 heavy (non-hydrogen) atoms. The molecule has 0 heterocycles. The van der Waals surface area contributed by atoms with Crippen LogP contribution in [0.2, 0.25) is 0 Å². The third-order valence-electron chi connectivity index (χ3n) is 3.69. The van der Waals surface area contributed by atoms with Crippen molar-refractivity contribution in [3.8, 4) is 0 Å². The molecule has 0 saturated carbocycles. The van der Waals surface area contributed by atoms with Crippen molar-refractivity contribution in [2.45, 2.75) is 38.5 Å². The van der Waals surface area contributed by atoms with Gasteiger partial charge in [-0.05, 0) is 54.0 Å². The molecule has 3 rings (SSSR count). The smallest absolute Gasteiger partial charge is 0.0253 e. The molecule has 2 aliphatic carbocycles. The van der Waals surface area contributed by atoms with Crippen LogP contribution < -0.4 is 0 Å². The van der Waals surface area contributed by atoms with Crippen LogP contribution in [-0.4, -0.2) is 0 Å². The zero-order valence-electron chi connectivity index (χ0n) is 9.02. The van der Waals surface area contributed by atoms with E-state index in [0.29, 0.717) is 5.92 Å². The van der Waals surface area contributed by atoms with Crippen molar-refractivity contribution in [1.29, 1.82) is 0 Å². The number of rotatable bonds is 0. The largest absolute Gasteiger partial charge is 0.0766 e. The quantitative estimate of drug-likeness (QED) is 0.648. The van der Waals surface area contributed by atoms with Crippen molar-refractivity contribution in [2.24, 2.45) is 0 Å². The van der Waals surface area contributed by atoms with E-state index in [4.69, 9.17) is 0 Å². The summed E-state index contributed by atoms with van der Waals surface area (Å²) in [5.41, 5.74) is 6.27. The van der Waals surface area contributed by atoms with Gasteiger partial charge in [0.2, 0.25) is 0 Å². The van der Waals surface area contributed by atoms with Gasteiger partial charge in [0.1, 0.15) is 0 Å². The first-order valence-corrected chi connectivity index (χ1v) is 6.59. The minimum Gasteiger partial charge on any atom is -0.0766 e. The Balaban J connectivity index is 2.26. The first-order valence-electron chi connectivity index (χ1n) is 5.79. The predicted molar refractivity (Wildman–Crippen MR) is 68.2 cm³/mol. The summed E-state index contributed by atoms with van der Waals surface area (Å²) in [6.45, 7) is 2.31. The Morgan fingerprint density at radius 1 is 1.27 bits per heavy atom. The fourth-order valence-corrected chi connectivity index (χ4v) is 3.57. The minimum atomic E-state index is 0.615. The van der Waals surface area contributed by atoms with Crippen LogP contribution in [0, 0.1) is 0 Å². The summed E-state index contributed by atoms with van der Waals surface area (Å²) in [6, 6.07) is 2.34. The zero-order valence-corrected chi connectivity index (χ0v) is 10.6. The first kappa shape index (κ1) is 9.65. The number of halogens is 1. The predicted octanol–water partition coefficient (Wildman–Crippen LogP) is 4.46. The second-order valence-corrected chi connectivity index (χ2v) is 5.53. The number of hydrogen-bond acceptors (Lipinski definition) is 0. The highest BCUT2D eigenvalue weighted by molar-refractivity contribution is 9.10. The summed E-state index contributed by atoms with van der Waals surface area (Å²) < 4.78 is 1.29. The molecule has 0 fully saturated rings. The minimum absolute atomic E-state index is 0.615. The number of aryl methyl sites for hydroxylation is 1. The van der Waals surface area contributed by atoms with Crippen molar-refractivity contribution in [2.75, 3.05) is 0 Å². The maximum Gasteiger partial charge on any atom is 0.0253 e. The summed E-state index contributed by atoms with van der Waals surface area (Å²) >= 11 is 3.70. The highest BCUT2D eigenvalue weighted by atomic mass is 79.9. The first-order chi connectivity index (χ1) is 7.27. The van der Waals surface area contributed by atoms with Crippen molar-refractivity contribution in [3.05, 3.63) is 38.9 Å². The summed E-state index contributed by atoms with van der Waals surface area (Å²) in [5, 5.41) is 0. The zero-order chi connectivity index (χ0) is 10.4. The molecule has 1 aromatic carbocycles. The molecule has 0 saturated heterocycles. The van der Waals surface area contributed by atoms with Crippen molar-refractivity contribution >= 4 is 22.0 Å². The SMILES string of the molecule is CC1C=Cc2c(Br)cc3c(c21)CCCC3. The van der Waals surface area contributed by atoms with Gasteiger partial charge in [-0.25, -0.2) is 0 Å². The molecule has 0 bridgehead atoms. The molecule has 1 aromatic rings. The third kappa shape index (κ3) is 1.40. The molecule has 0 amide bonds. The molecule has 0 nitrogen and oxygen atoms in total. The Kier molecular flexibility index (Phi) is 2.24. The fourth-order valence-electron chi connectivity index (χ4n) is 2.94. The van der Waals surface area contributed by atoms with Crippen LogP contribution in [0.25, 0.3) is 6.08 Å².